The van der Waals surface area contributed by atoms with Gasteiger partial charge in [0.1, 0.15) is 12.4 Å². The molecule has 3 aromatic rings. The van der Waals surface area contributed by atoms with E-state index in [1.165, 1.54) is 0 Å². The molecule has 1 amide bonds. The van der Waals surface area contributed by atoms with Crippen molar-refractivity contribution in [3.8, 4) is 11.4 Å². The van der Waals surface area contributed by atoms with Gasteiger partial charge in [-0.15, -0.1) is 5.10 Å². The van der Waals surface area contributed by atoms with Crippen LogP contribution in [-0.2, 0) is 11.3 Å². The van der Waals surface area contributed by atoms with Gasteiger partial charge in [0.15, 0.2) is 5.82 Å². The molecule has 7 nitrogen and oxygen atoms in total. The molecule has 2 heterocycles. The minimum Gasteiger partial charge on any atom is -0.322 e. The van der Waals surface area contributed by atoms with E-state index in [4.69, 9.17) is 0 Å². The monoisotopic (exact) mass is 310 g/mol. The van der Waals surface area contributed by atoms with Crippen LogP contribution in [0.4, 0.5) is 5.82 Å². The molecule has 7 heteroatoms. The number of rotatable bonds is 5. The van der Waals surface area contributed by atoms with Crippen LogP contribution in [0.3, 0.4) is 0 Å². The van der Waals surface area contributed by atoms with Gasteiger partial charge in [0.05, 0.1) is 12.2 Å². The van der Waals surface area contributed by atoms with Gasteiger partial charge in [0.2, 0.25) is 5.91 Å². The number of imidazole rings is 1. The Kier molecular flexibility index (Phi) is 4.18. The Morgan fingerprint density at radius 1 is 1.26 bits per heavy atom. The summed E-state index contributed by atoms with van der Waals surface area (Å²) in [4.78, 5) is 18.1. The molecule has 0 unspecified atom stereocenters. The molecule has 0 saturated carbocycles. The van der Waals surface area contributed by atoms with Crippen molar-refractivity contribution in [2.24, 2.45) is 0 Å². The molecule has 0 radical (unpaired) electrons. The molecule has 0 bridgehead atoms. The summed E-state index contributed by atoms with van der Waals surface area (Å²) < 4.78 is 1.80. The molecule has 0 spiro atoms. The van der Waals surface area contributed by atoms with Gasteiger partial charge >= 0.3 is 0 Å². The molecule has 3 rings (SSSR count). The highest BCUT2D eigenvalue weighted by molar-refractivity contribution is 5.89. The van der Waals surface area contributed by atoms with E-state index in [0.29, 0.717) is 5.82 Å². The maximum atomic E-state index is 12.2. The topological polar surface area (TPSA) is 77.6 Å². The van der Waals surface area contributed by atoms with Crippen molar-refractivity contribution in [1.29, 1.82) is 0 Å². The summed E-state index contributed by atoms with van der Waals surface area (Å²) in [5.74, 6) is 1.03. The van der Waals surface area contributed by atoms with Gasteiger partial charge in [0.25, 0.3) is 0 Å². The van der Waals surface area contributed by atoms with Crippen LogP contribution in [0.5, 0.6) is 0 Å². The van der Waals surface area contributed by atoms with Crippen LogP contribution in [0.1, 0.15) is 19.9 Å². The number of aromatic nitrogens is 5. The van der Waals surface area contributed by atoms with E-state index in [2.05, 4.69) is 20.5 Å². The van der Waals surface area contributed by atoms with Crippen molar-refractivity contribution < 1.29 is 4.79 Å². The maximum Gasteiger partial charge on any atom is 0.245 e. The van der Waals surface area contributed by atoms with Gasteiger partial charge < -0.3 is 9.88 Å². The predicted molar refractivity (Wildman–Crippen MR) is 86.7 cm³/mol. The van der Waals surface area contributed by atoms with Crippen molar-refractivity contribution in [3.05, 3.63) is 48.9 Å². The van der Waals surface area contributed by atoms with Crippen molar-refractivity contribution >= 4 is 11.7 Å². The number of nitrogens with zero attached hydrogens (tertiary/aromatic N) is 5. The molecule has 0 atom stereocenters. The Morgan fingerprint density at radius 2 is 2.04 bits per heavy atom. The first-order valence-corrected chi connectivity index (χ1v) is 7.41. The lowest BCUT2D eigenvalue weighted by Crippen LogP contribution is -2.19. The lowest BCUT2D eigenvalue weighted by Gasteiger charge is -2.07. The number of benzene rings is 1. The molecule has 0 fully saturated rings. The summed E-state index contributed by atoms with van der Waals surface area (Å²) in [6.07, 6.45) is 5.02. The van der Waals surface area contributed by atoms with Crippen LogP contribution in [-0.4, -0.2) is 30.5 Å². The van der Waals surface area contributed by atoms with Crippen molar-refractivity contribution in [3.63, 3.8) is 0 Å². The summed E-state index contributed by atoms with van der Waals surface area (Å²) in [7, 11) is 0. The Hall–Kier alpha value is -2.96. The number of hydrogen-bond acceptors (Lipinski definition) is 4. The lowest BCUT2D eigenvalue weighted by molar-refractivity contribution is -0.116. The summed E-state index contributed by atoms with van der Waals surface area (Å²) in [6, 6.07) is 9.91. The van der Waals surface area contributed by atoms with Crippen LogP contribution in [0.25, 0.3) is 11.4 Å². The first-order chi connectivity index (χ1) is 11.1. The Morgan fingerprint density at radius 3 is 2.74 bits per heavy atom. The molecule has 0 aliphatic rings. The number of carbonyl (C=O) groups is 1. The minimum atomic E-state index is -0.170. The Bertz CT molecular complexity index is 790. The molecule has 1 aromatic carbocycles. The predicted octanol–water partition coefficient (Wildman–Crippen LogP) is 2.36. The zero-order valence-corrected chi connectivity index (χ0v) is 13.0. The molecular formula is C16H18N6O. The zero-order valence-electron chi connectivity index (χ0n) is 13.0. The van der Waals surface area contributed by atoms with E-state index in [-0.39, 0.29) is 18.5 Å². The van der Waals surface area contributed by atoms with Crippen LogP contribution in [0.15, 0.2) is 48.9 Å². The van der Waals surface area contributed by atoms with Crippen molar-refractivity contribution in [2.45, 2.75) is 26.4 Å². The normalized spacial score (nSPS) is 10.9. The van der Waals surface area contributed by atoms with E-state index in [0.717, 1.165) is 11.4 Å². The van der Waals surface area contributed by atoms with Crippen LogP contribution in [0.2, 0.25) is 0 Å². The molecule has 1 N–H and O–H groups in total. The highest BCUT2D eigenvalue weighted by Gasteiger charge is 2.11. The van der Waals surface area contributed by atoms with Gasteiger partial charge in [0, 0.05) is 18.0 Å². The summed E-state index contributed by atoms with van der Waals surface area (Å²) >= 11 is 0. The van der Waals surface area contributed by atoms with Gasteiger partial charge in [-0.05, 0) is 13.8 Å². The van der Waals surface area contributed by atoms with E-state index in [9.17, 15) is 4.79 Å². The molecular weight excluding hydrogens is 292 g/mol. The first-order valence-electron chi connectivity index (χ1n) is 7.41. The highest BCUT2D eigenvalue weighted by atomic mass is 16.2. The molecule has 0 aliphatic heterocycles. The smallest absolute Gasteiger partial charge is 0.245 e. The van der Waals surface area contributed by atoms with Crippen LogP contribution >= 0.6 is 0 Å². The minimum absolute atomic E-state index is 0.152. The number of amides is 1. The van der Waals surface area contributed by atoms with E-state index < -0.39 is 0 Å². The fourth-order valence-electron chi connectivity index (χ4n) is 2.20. The average molecular weight is 310 g/mol. The number of anilines is 1. The molecule has 118 valence electrons. The van der Waals surface area contributed by atoms with Crippen molar-refractivity contribution in [2.75, 3.05) is 5.32 Å². The zero-order chi connectivity index (χ0) is 16.2. The van der Waals surface area contributed by atoms with Gasteiger partial charge in [-0.25, -0.2) is 4.98 Å². The van der Waals surface area contributed by atoms with Gasteiger partial charge in [-0.3, -0.25) is 4.79 Å². The van der Waals surface area contributed by atoms with Crippen LogP contribution in [0, 0.1) is 0 Å². The lowest BCUT2D eigenvalue weighted by atomic mass is 10.2. The SMILES string of the molecule is CC(C)n1ncc(NC(=O)Cn2ccnc2-c2ccccc2)n1. The molecule has 2 aromatic heterocycles. The second-order valence-electron chi connectivity index (χ2n) is 5.44. The fourth-order valence-corrected chi connectivity index (χ4v) is 2.20. The fraction of sp³-hybridized carbons (Fsp3) is 0.250. The molecule has 0 saturated heterocycles. The first kappa shape index (κ1) is 15.0. The van der Waals surface area contributed by atoms with Crippen LogP contribution < -0.4 is 5.32 Å². The third kappa shape index (κ3) is 3.45. The number of nitrogens with one attached hydrogen (secondary N) is 1. The second kappa shape index (κ2) is 6.43. The maximum absolute atomic E-state index is 12.2. The Balaban J connectivity index is 1.70. The number of carbonyl (C=O) groups excluding carboxylic acids is 1. The van der Waals surface area contributed by atoms with E-state index in [1.54, 1.807) is 28.0 Å². The van der Waals surface area contributed by atoms with Crippen molar-refractivity contribution in [1.82, 2.24) is 24.5 Å². The summed E-state index contributed by atoms with van der Waals surface area (Å²) in [5.41, 5.74) is 0.969. The largest absolute Gasteiger partial charge is 0.322 e. The third-order valence-electron chi connectivity index (χ3n) is 3.30. The highest BCUT2D eigenvalue weighted by Crippen LogP contribution is 2.16. The molecule has 23 heavy (non-hydrogen) atoms. The quantitative estimate of drug-likeness (QED) is 0.784. The molecule has 0 aliphatic carbocycles. The van der Waals surface area contributed by atoms with Gasteiger partial charge in [-0.1, -0.05) is 30.3 Å². The average Bonchev–Trinajstić information content (AvgIpc) is 3.17. The Labute approximate surface area is 134 Å². The van der Waals surface area contributed by atoms with E-state index >= 15 is 0 Å². The van der Waals surface area contributed by atoms with Gasteiger partial charge in [-0.2, -0.15) is 9.90 Å². The van der Waals surface area contributed by atoms with E-state index in [1.807, 2.05) is 44.2 Å². The second-order valence-corrected chi connectivity index (χ2v) is 5.44. The summed E-state index contributed by atoms with van der Waals surface area (Å²) in [5, 5.41) is 11.1. The standard InChI is InChI=1S/C16H18N6O/c1-12(2)22-18-10-14(20-22)19-15(23)11-21-9-8-17-16(21)13-6-4-3-5-7-13/h3-10,12H,11H2,1-2H3,(H,19,20,23). The summed E-state index contributed by atoms with van der Waals surface area (Å²) in [6.45, 7) is 4.12. The number of hydrogen-bond donors (Lipinski definition) is 1. The third-order valence-corrected chi connectivity index (χ3v) is 3.30.